The van der Waals surface area contributed by atoms with Crippen molar-refractivity contribution in [3.63, 3.8) is 0 Å². The smallest absolute Gasteiger partial charge is 0.332 e. The van der Waals surface area contributed by atoms with Gasteiger partial charge in [-0.25, -0.2) is 9.78 Å². The zero-order valence-electron chi connectivity index (χ0n) is 16.1. The van der Waals surface area contributed by atoms with Gasteiger partial charge >= 0.3 is 5.69 Å². The molecule has 146 valence electrons. The molecular formula is C20H28N4O3. The fourth-order valence-corrected chi connectivity index (χ4v) is 6.34. The van der Waals surface area contributed by atoms with Crippen LogP contribution >= 0.6 is 0 Å². The number of hydrogen-bond acceptors (Lipinski definition) is 4. The summed E-state index contributed by atoms with van der Waals surface area (Å²) in [5, 5.41) is 10.5. The van der Waals surface area contributed by atoms with Crippen LogP contribution in [0, 0.1) is 17.8 Å². The fraction of sp³-hybridized carbons (Fsp3) is 0.750. The minimum absolute atomic E-state index is 0.0529. The summed E-state index contributed by atoms with van der Waals surface area (Å²) in [5.41, 5.74) is 0.419. The number of nitrogens with zero attached hydrogens (tertiary/aromatic N) is 3. The van der Waals surface area contributed by atoms with E-state index >= 15 is 0 Å². The van der Waals surface area contributed by atoms with Crippen LogP contribution < -0.4 is 11.2 Å². The maximum atomic E-state index is 13.0. The topological polar surface area (TPSA) is 92.9 Å². The largest absolute Gasteiger partial charge is 0.393 e. The van der Waals surface area contributed by atoms with Crippen LogP contribution in [0.3, 0.4) is 0 Å². The SMILES string of the molecule is CCCn1c(=O)c2[nH]c(C34CC5CC3CC(C4)C5O)nc2n(CCC)c1=O. The van der Waals surface area contributed by atoms with Crippen molar-refractivity contribution in [1.29, 1.82) is 0 Å². The number of rotatable bonds is 5. The molecule has 2 aromatic rings. The quantitative estimate of drug-likeness (QED) is 0.836. The monoisotopic (exact) mass is 372 g/mol. The van der Waals surface area contributed by atoms with Crippen molar-refractivity contribution >= 4 is 11.2 Å². The highest BCUT2D eigenvalue weighted by Crippen LogP contribution is 2.65. The fourth-order valence-electron chi connectivity index (χ4n) is 6.34. The number of nitrogens with one attached hydrogen (secondary N) is 1. The van der Waals surface area contributed by atoms with Crippen LogP contribution in [0.2, 0.25) is 0 Å². The van der Waals surface area contributed by atoms with Crippen molar-refractivity contribution in [1.82, 2.24) is 19.1 Å². The van der Waals surface area contributed by atoms with Gasteiger partial charge in [0.2, 0.25) is 0 Å². The Morgan fingerprint density at radius 1 is 1.11 bits per heavy atom. The van der Waals surface area contributed by atoms with Crippen molar-refractivity contribution in [2.24, 2.45) is 17.8 Å². The lowest BCUT2D eigenvalue weighted by Crippen LogP contribution is -2.40. The zero-order chi connectivity index (χ0) is 18.9. The minimum atomic E-state index is -0.253. The van der Waals surface area contributed by atoms with Gasteiger partial charge in [0.25, 0.3) is 5.56 Å². The van der Waals surface area contributed by atoms with Gasteiger partial charge < -0.3 is 10.1 Å². The Balaban J connectivity index is 1.71. The maximum Gasteiger partial charge on any atom is 0.332 e. The number of aromatic amines is 1. The lowest BCUT2D eigenvalue weighted by Gasteiger charge is -2.34. The number of fused-ring (bicyclic) bond motifs is 1. The van der Waals surface area contributed by atoms with E-state index in [1.807, 2.05) is 13.8 Å². The summed E-state index contributed by atoms with van der Waals surface area (Å²) in [7, 11) is 0. The minimum Gasteiger partial charge on any atom is -0.393 e. The third kappa shape index (κ3) is 2.15. The van der Waals surface area contributed by atoms with Crippen LogP contribution in [-0.2, 0) is 18.5 Å². The van der Waals surface area contributed by atoms with Crippen molar-refractivity contribution in [2.75, 3.05) is 0 Å². The van der Waals surface area contributed by atoms with Gasteiger partial charge in [-0.15, -0.1) is 0 Å². The number of imidazole rings is 1. The van der Waals surface area contributed by atoms with E-state index in [0.29, 0.717) is 42.0 Å². The summed E-state index contributed by atoms with van der Waals surface area (Å²) < 4.78 is 3.01. The van der Waals surface area contributed by atoms with Crippen LogP contribution in [0.25, 0.3) is 11.2 Å². The molecule has 2 N–H and O–H groups in total. The molecule has 2 atom stereocenters. The lowest BCUT2D eigenvalue weighted by molar-refractivity contribution is 0.0167. The van der Waals surface area contributed by atoms with E-state index in [0.717, 1.165) is 44.3 Å². The molecule has 0 radical (unpaired) electrons. The van der Waals surface area contributed by atoms with Gasteiger partial charge in [-0.2, -0.15) is 0 Å². The average Bonchev–Trinajstić information content (AvgIpc) is 3.29. The third-order valence-corrected chi connectivity index (χ3v) is 7.40. The normalized spacial score (nSPS) is 34.2. The van der Waals surface area contributed by atoms with E-state index in [1.165, 1.54) is 4.57 Å². The number of aliphatic hydroxyl groups excluding tert-OH is 1. The van der Waals surface area contributed by atoms with Crippen LogP contribution in [0.5, 0.6) is 0 Å². The summed E-state index contributed by atoms with van der Waals surface area (Å²) in [4.78, 5) is 34.1. The second-order valence-electron chi connectivity index (χ2n) is 8.92. The molecule has 2 aromatic heterocycles. The second kappa shape index (κ2) is 5.80. The highest BCUT2D eigenvalue weighted by molar-refractivity contribution is 5.70. The first-order chi connectivity index (χ1) is 13.0. The Bertz CT molecular complexity index is 1000. The summed E-state index contributed by atoms with van der Waals surface area (Å²) in [6, 6.07) is 0. The van der Waals surface area contributed by atoms with Crippen LogP contribution in [-0.4, -0.2) is 30.3 Å². The molecule has 6 rings (SSSR count). The van der Waals surface area contributed by atoms with Crippen LogP contribution in [0.1, 0.15) is 58.2 Å². The molecule has 2 heterocycles. The second-order valence-corrected chi connectivity index (χ2v) is 8.92. The van der Waals surface area contributed by atoms with Crippen molar-refractivity contribution in [3.8, 4) is 0 Å². The number of aryl methyl sites for hydroxylation is 1. The Hall–Kier alpha value is -1.89. The highest BCUT2D eigenvalue weighted by Gasteiger charge is 2.63. The van der Waals surface area contributed by atoms with Crippen molar-refractivity contribution < 1.29 is 5.11 Å². The first-order valence-corrected chi connectivity index (χ1v) is 10.4. The summed E-state index contributed by atoms with van der Waals surface area (Å²) in [6.07, 6.45) is 5.35. The molecule has 4 bridgehead atoms. The molecule has 2 unspecified atom stereocenters. The molecule has 0 amide bonds. The van der Waals surface area contributed by atoms with E-state index in [-0.39, 0.29) is 22.8 Å². The average molecular weight is 372 g/mol. The molecule has 27 heavy (non-hydrogen) atoms. The number of H-pyrrole nitrogens is 1. The van der Waals surface area contributed by atoms with Crippen LogP contribution in [0.4, 0.5) is 0 Å². The number of aromatic nitrogens is 4. The van der Waals surface area contributed by atoms with Crippen molar-refractivity contribution in [3.05, 3.63) is 26.7 Å². The number of hydrogen-bond donors (Lipinski definition) is 2. The van der Waals surface area contributed by atoms with Gasteiger partial charge in [-0.1, -0.05) is 13.8 Å². The van der Waals surface area contributed by atoms with Crippen molar-refractivity contribution in [2.45, 2.75) is 77.0 Å². The molecule has 7 nitrogen and oxygen atoms in total. The molecule has 4 saturated carbocycles. The van der Waals surface area contributed by atoms with Gasteiger partial charge in [0, 0.05) is 18.5 Å². The molecule has 4 aliphatic carbocycles. The van der Waals surface area contributed by atoms with E-state index in [9.17, 15) is 14.7 Å². The lowest BCUT2D eigenvalue weighted by atomic mass is 9.73. The summed E-state index contributed by atoms with van der Waals surface area (Å²) >= 11 is 0. The standard InChI is InChI=1S/C20H28N4O3/c1-3-5-23-16-14(17(26)24(6-4-2)19(23)27)21-18(22-16)20-9-11-7-13(20)8-12(10-20)15(11)25/h11-13,15,25H,3-10H2,1-2H3,(H,21,22). The molecule has 0 aliphatic heterocycles. The molecule has 0 saturated heterocycles. The number of aliphatic hydroxyl groups is 1. The first kappa shape index (κ1) is 17.2. The molecule has 0 spiro atoms. The van der Waals surface area contributed by atoms with E-state index in [2.05, 4.69) is 4.98 Å². The predicted octanol–water partition coefficient (Wildman–Crippen LogP) is 1.75. The van der Waals surface area contributed by atoms with Gasteiger partial charge in [0.05, 0.1) is 6.10 Å². The van der Waals surface area contributed by atoms with Gasteiger partial charge in [-0.3, -0.25) is 13.9 Å². The highest BCUT2D eigenvalue weighted by atomic mass is 16.3. The third-order valence-electron chi connectivity index (χ3n) is 7.40. The summed E-state index contributed by atoms with van der Waals surface area (Å²) in [5.74, 6) is 2.10. The van der Waals surface area contributed by atoms with Gasteiger partial charge in [-0.05, 0) is 56.3 Å². The molecule has 0 aromatic carbocycles. The Kier molecular flexibility index (Phi) is 3.70. The Labute approximate surface area is 157 Å². The molecule has 4 aliphatic rings. The van der Waals surface area contributed by atoms with E-state index < -0.39 is 0 Å². The first-order valence-electron chi connectivity index (χ1n) is 10.4. The Morgan fingerprint density at radius 2 is 1.74 bits per heavy atom. The Morgan fingerprint density at radius 3 is 2.37 bits per heavy atom. The molecule has 7 heteroatoms. The van der Waals surface area contributed by atoms with E-state index in [1.54, 1.807) is 4.57 Å². The zero-order valence-corrected chi connectivity index (χ0v) is 16.1. The van der Waals surface area contributed by atoms with E-state index in [4.69, 9.17) is 4.98 Å². The van der Waals surface area contributed by atoms with Crippen LogP contribution in [0.15, 0.2) is 9.59 Å². The van der Waals surface area contributed by atoms with Gasteiger partial charge in [0.1, 0.15) is 11.3 Å². The molecular weight excluding hydrogens is 344 g/mol. The maximum absolute atomic E-state index is 13.0. The molecule has 4 fully saturated rings. The predicted molar refractivity (Wildman–Crippen MR) is 102 cm³/mol. The summed E-state index contributed by atoms with van der Waals surface area (Å²) in [6.45, 7) is 4.98. The van der Waals surface area contributed by atoms with Gasteiger partial charge in [0.15, 0.2) is 5.65 Å².